The first-order valence-corrected chi connectivity index (χ1v) is 11.6. The minimum absolute atomic E-state index is 0. The molecule has 0 aromatic heterocycles. The topological polar surface area (TPSA) is 57.2 Å². The molecule has 31 heavy (non-hydrogen) atoms. The molecule has 2 aliphatic heterocycles. The third kappa shape index (κ3) is 8.60. The van der Waals surface area contributed by atoms with Gasteiger partial charge in [-0.25, -0.2) is 0 Å². The molecule has 1 amide bonds. The zero-order valence-corrected chi connectivity index (χ0v) is 21.4. The van der Waals surface area contributed by atoms with Gasteiger partial charge >= 0.3 is 0 Å². The molecular formula is C24H39IN4O2. The molecule has 0 saturated carbocycles. The molecule has 2 heterocycles. The summed E-state index contributed by atoms with van der Waals surface area (Å²) < 4.78 is 5.94. The first-order chi connectivity index (χ1) is 14.7. The number of hydrogen-bond donors (Lipinski definition) is 1. The Morgan fingerprint density at radius 3 is 2.71 bits per heavy atom. The third-order valence-corrected chi connectivity index (χ3v) is 5.98. The van der Waals surface area contributed by atoms with Gasteiger partial charge in [-0.15, -0.1) is 24.0 Å². The van der Waals surface area contributed by atoms with Gasteiger partial charge in [-0.3, -0.25) is 9.79 Å². The molecule has 2 atom stereocenters. The number of rotatable bonds is 8. The van der Waals surface area contributed by atoms with Gasteiger partial charge in [0, 0.05) is 45.1 Å². The van der Waals surface area contributed by atoms with Gasteiger partial charge in [0.1, 0.15) is 0 Å². The molecule has 2 unspecified atom stereocenters. The monoisotopic (exact) mass is 542 g/mol. The molecule has 2 fully saturated rings. The van der Waals surface area contributed by atoms with Crippen LogP contribution in [0.1, 0.15) is 45.1 Å². The lowest BCUT2D eigenvalue weighted by molar-refractivity contribution is -0.132. The van der Waals surface area contributed by atoms with Crippen molar-refractivity contribution in [2.45, 2.75) is 46.1 Å². The van der Waals surface area contributed by atoms with Crippen LogP contribution in [0.5, 0.6) is 0 Å². The van der Waals surface area contributed by atoms with Gasteiger partial charge in [-0.05, 0) is 37.7 Å². The molecule has 174 valence electrons. The molecule has 2 aliphatic rings. The Balaban J connectivity index is 0.00000341. The van der Waals surface area contributed by atoms with Crippen LogP contribution in [0.3, 0.4) is 0 Å². The van der Waals surface area contributed by atoms with Crippen LogP contribution in [-0.2, 0) is 16.1 Å². The number of nitrogens with one attached hydrogen (secondary N) is 1. The van der Waals surface area contributed by atoms with Crippen LogP contribution in [0.25, 0.3) is 0 Å². The number of halogens is 1. The molecule has 0 bridgehead atoms. The first kappa shape index (κ1) is 25.9. The summed E-state index contributed by atoms with van der Waals surface area (Å²) in [6.45, 7) is 10.9. The lowest BCUT2D eigenvalue weighted by Crippen LogP contribution is -2.41. The van der Waals surface area contributed by atoms with Crippen LogP contribution in [0.15, 0.2) is 35.3 Å². The number of aliphatic imine (C=N–C) groups is 1. The number of guanidine groups is 1. The van der Waals surface area contributed by atoms with Gasteiger partial charge < -0.3 is 19.9 Å². The molecule has 7 heteroatoms. The van der Waals surface area contributed by atoms with Gasteiger partial charge in [-0.1, -0.05) is 37.3 Å². The average Bonchev–Trinajstić information content (AvgIpc) is 3.22. The molecule has 3 rings (SSSR count). The summed E-state index contributed by atoms with van der Waals surface area (Å²) >= 11 is 0. The number of piperidine rings is 1. The van der Waals surface area contributed by atoms with Gasteiger partial charge in [-0.2, -0.15) is 0 Å². The summed E-state index contributed by atoms with van der Waals surface area (Å²) in [7, 11) is 0. The Morgan fingerprint density at radius 2 is 1.97 bits per heavy atom. The van der Waals surface area contributed by atoms with E-state index in [1.54, 1.807) is 0 Å². The number of carbonyl (C=O) groups excluding carboxylic acids is 1. The lowest BCUT2D eigenvalue weighted by atomic mass is 10.00. The lowest BCUT2D eigenvalue weighted by Gasteiger charge is -2.31. The Morgan fingerprint density at radius 1 is 1.16 bits per heavy atom. The van der Waals surface area contributed by atoms with E-state index in [9.17, 15) is 4.79 Å². The van der Waals surface area contributed by atoms with E-state index in [0.29, 0.717) is 31.4 Å². The van der Waals surface area contributed by atoms with E-state index < -0.39 is 0 Å². The van der Waals surface area contributed by atoms with Gasteiger partial charge in [0.15, 0.2) is 5.96 Å². The van der Waals surface area contributed by atoms with Crippen molar-refractivity contribution in [1.29, 1.82) is 0 Å². The fraction of sp³-hybridized carbons (Fsp3) is 0.667. The van der Waals surface area contributed by atoms with Crippen LogP contribution in [0.4, 0.5) is 0 Å². The zero-order valence-electron chi connectivity index (χ0n) is 19.1. The van der Waals surface area contributed by atoms with E-state index in [1.165, 1.54) is 12.0 Å². The number of hydrogen-bond acceptors (Lipinski definition) is 3. The maximum absolute atomic E-state index is 12.5. The summed E-state index contributed by atoms with van der Waals surface area (Å²) in [5.41, 5.74) is 1.22. The molecule has 0 radical (unpaired) electrons. The maximum atomic E-state index is 12.5. The highest BCUT2D eigenvalue weighted by molar-refractivity contribution is 14.0. The Labute approximate surface area is 204 Å². The molecule has 2 saturated heterocycles. The second kappa shape index (κ2) is 13.9. The van der Waals surface area contributed by atoms with Crippen molar-refractivity contribution in [2.75, 3.05) is 45.9 Å². The highest BCUT2D eigenvalue weighted by Crippen LogP contribution is 2.18. The molecule has 1 N–H and O–H groups in total. The number of benzene rings is 1. The number of nitrogens with zero attached hydrogens (tertiary/aromatic N) is 3. The van der Waals surface area contributed by atoms with Gasteiger partial charge in [0.25, 0.3) is 0 Å². The van der Waals surface area contributed by atoms with E-state index in [2.05, 4.69) is 36.2 Å². The predicted octanol–water partition coefficient (Wildman–Crippen LogP) is 3.76. The summed E-state index contributed by atoms with van der Waals surface area (Å²) in [5.74, 6) is 2.32. The fourth-order valence-corrected chi connectivity index (χ4v) is 4.34. The van der Waals surface area contributed by atoms with Crippen molar-refractivity contribution in [3.8, 4) is 0 Å². The average molecular weight is 543 g/mol. The number of amides is 1. The second-order valence-corrected chi connectivity index (χ2v) is 8.67. The van der Waals surface area contributed by atoms with Crippen molar-refractivity contribution in [2.24, 2.45) is 16.8 Å². The summed E-state index contributed by atoms with van der Waals surface area (Å²) in [4.78, 5) is 21.6. The minimum atomic E-state index is 0. The smallest absolute Gasteiger partial charge is 0.224 e. The van der Waals surface area contributed by atoms with Crippen molar-refractivity contribution >= 4 is 35.8 Å². The summed E-state index contributed by atoms with van der Waals surface area (Å²) in [6.07, 6.45) is 3.97. The summed E-state index contributed by atoms with van der Waals surface area (Å²) in [5, 5.41) is 3.40. The van der Waals surface area contributed by atoms with Crippen molar-refractivity contribution < 1.29 is 9.53 Å². The normalized spacial score (nSPS) is 21.7. The number of ether oxygens (including phenoxy) is 1. The number of likely N-dealkylation sites (tertiary alicyclic amines) is 2. The van der Waals surface area contributed by atoms with Crippen LogP contribution in [0, 0.1) is 11.8 Å². The van der Waals surface area contributed by atoms with Gasteiger partial charge in [0.05, 0.1) is 19.8 Å². The van der Waals surface area contributed by atoms with Crippen molar-refractivity contribution in [3.05, 3.63) is 35.9 Å². The van der Waals surface area contributed by atoms with E-state index in [0.717, 1.165) is 58.1 Å². The highest BCUT2D eigenvalue weighted by atomic mass is 127. The molecule has 6 nitrogen and oxygen atoms in total. The van der Waals surface area contributed by atoms with Gasteiger partial charge in [0.2, 0.25) is 5.91 Å². The Bertz CT molecular complexity index is 685. The van der Waals surface area contributed by atoms with Crippen LogP contribution in [0.2, 0.25) is 0 Å². The Kier molecular flexibility index (Phi) is 11.6. The Hall–Kier alpha value is -1.35. The standard InChI is InChI=1S/C24H38N4O2.HI/c1-3-25-24(26-13-11-23(29)27-14-7-8-20(2)16-27)28-15-12-22(17-28)19-30-18-21-9-5-4-6-10-21;/h4-6,9-10,20,22H,3,7-8,11-19H2,1-2H3,(H,25,26);1H. The van der Waals surface area contributed by atoms with E-state index in [4.69, 9.17) is 9.73 Å². The van der Waals surface area contributed by atoms with Crippen LogP contribution in [-0.4, -0.2) is 67.5 Å². The molecule has 0 spiro atoms. The quantitative estimate of drug-likeness (QED) is 0.309. The minimum Gasteiger partial charge on any atom is -0.376 e. The molecule has 0 aliphatic carbocycles. The summed E-state index contributed by atoms with van der Waals surface area (Å²) in [6, 6.07) is 10.3. The van der Waals surface area contributed by atoms with Crippen molar-refractivity contribution in [3.63, 3.8) is 0 Å². The van der Waals surface area contributed by atoms with Crippen LogP contribution >= 0.6 is 24.0 Å². The van der Waals surface area contributed by atoms with E-state index in [-0.39, 0.29) is 29.9 Å². The largest absolute Gasteiger partial charge is 0.376 e. The third-order valence-electron chi connectivity index (χ3n) is 5.98. The number of carbonyl (C=O) groups is 1. The van der Waals surface area contributed by atoms with Crippen molar-refractivity contribution in [1.82, 2.24) is 15.1 Å². The fourth-order valence-electron chi connectivity index (χ4n) is 4.34. The zero-order chi connectivity index (χ0) is 21.2. The molecule has 1 aromatic rings. The first-order valence-electron chi connectivity index (χ1n) is 11.6. The van der Waals surface area contributed by atoms with E-state index in [1.807, 2.05) is 23.1 Å². The SMILES string of the molecule is CCNC(=NCCC(=O)N1CCCC(C)C1)N1CCC(COCc2ccccc2)C1.I. The molecular weight excluding hydrogens is 503 g/mol. The second-order valence-electron chi connectivity index (χ2n) is 8.67. The van der Waals surface area contributed by atoms with Crippen LogP contribution < -0.4 is 5.32 Å². The molecule has 1 aromatic carbocycles. The predicted molar refractivity (Wildman–Crippen MR) is 137 cm³/mol. The van der Waals surface area contributed by atoms with E-state index >= 15 is 0 Å². The highest BCUT2D eigenvalue weighted by Gasteiger charge is 2.25. The maximum Gasteiger partial charge on any atom is 0.224 e.